The van der Waals surface area contributed by atoms with Crippen LogP contribution in [0, 0.1) is 23.7 Å². The number of methoxy groups -OCH3 is 1. The Morgan fingerprint density at radius 2 is 1.91 bits per heavy atom. The molecule has 1 aliphatic carbocycles. The van der Waals surface area contributed by atoms with Gasteiger partial charge in [0.15, 0.2) is 5.78 Å². The summed E-state index contributed by atoms with van der Waals surface area (Å²) in [5.41, 5.74) is 11.5. The topological polar surface area (TPSA) is 88.6 Å². The molecule has 0 saturated carbocycles. The number of nitriles is 1. The summed E-state index contributed by atoms with van der Waals surface area (Å²) >= 11 is 0. The lowest BCUT2D eigenvalue weighted by Crippen LogP contribution is -2.43. The molecular formula is C29H33N3O3. The highest BCUT2D eigenvalue weighted by atomic mass is 16.5. The number of ketones is 1. The lowest BCUT2D eigenvalue weighted by molar-refractivity contribution is -0.118. The van der Waals surface area contributed by atoms with Crippen molar-refractivity contribution in [3.63, 3.8) is 0 Å². The van der Waals surface area contributed by atoms with Gasteiger partial charge in [0, 0.05) is 31.3 Å². The molecule has 2 aliphatic rings. The molecular weight excluding hydrogens is 438 g/mol. The number of aryl methyl sites for hydroxylation is 1. The first-order chi connectivity index (χ1) is 16.7. The lowest BCUT2D eigenvalue weighted by Gasteiger charge is -2.43. The highest BCUT2D eigenvalue weighted by molar-refractivity contribution is 6.00. The Bertz CT molecular complexity index is 1220. The molecule has 0 fully saturated rings. The molecule has 1 atom stereocenters. The largest absolute Gasteiger partial charge is 0.489 e. The van der Waals surface area contributed by atoms with E-state index in [2.05, 4.69) is 39.0 Å². The standard InChI is InChI=1S/C29H33N3O3/c1-19-6-5-7-20(14-19)18-35-22-10-8-21(9-11-22)26-23(17-30)28(31)32(12-13-34-4)24-15-29(2,3)16-25(33)27(24)26/h5-11,14,26H,12-13,15-16,18,31H2,1-4H3/t26-/m1/s1. The fourth-order valence-corrected chi connectivity index (χ4v) is 5.07. The number of carbonyl (C=O) groups is 1. The number of ether oxygens (including phenoxy) is 2. The van der Waals surface area contributed by atoms with Crippen molar-refractivity contribution in [3.05, 3.63) is 87.9 Å². The Hall–Kier alpha value is -3.56. The van der Waals surface area contributed by atoms with Gasteiger partial charge in [-0.1, -0.05) is 55.8 Å². The minimum Gasteiger partial charge on any atom is -0.489 e. The van der Waals surface area contributed by atoms with Crippen molar-refractivity contribution >= 4 is 5.78 Å². The van der Waals surface area contributed by atoms with Crippen LogP contribution in [-0.2, 0) is 16.1 Å². The van der Waals surface area contributed by atoms with Gasteiger partial charge in [0.1, 0.15) is 18.2 Å². The van der Waals surface area contributed by atoms with Crippen molar-refractivity contribution in [2.45, 2.75) is 46.1 Å². The van der Waals surface area contributed by atoms with Crippen LogP contribution >= 0.6 is 0 Å². The Balaban J connectivity index is 1.67. The average Bonchev–Trinajstić information content (AvgIpc) is 2.81. The van der Waals surface area contributed by atoms with E-state index in [0.29, 0.717) is 49.6 Å². The number of carbonyl (C=O) groups excluding carboxylic acids is 1. The van der Waals surface area contributed by atoms with Gasteiger partial charge in [0.25, 0.3) is 0 Å². The SMILES string of the molecule is COCCN1C(N)=C(C#N)[C@@H](c2ccc(OCc3cccc(C)c3)cc2)C2=C1CC(C)(C)CC2=O. The number of benzene rings is 2. The summed E-state index contributed by atoms with van der Waals surface area (Å²) in [7, 11) is 1.63. The molecule has 0 unspecified atom stereocenters. The summed E-state index contributed by atoms with van der Waals surface area (Å²) in [6.45, 7) is 7.66. The van der Waals surface area contributed by atoms with Crippen molar-refractivity contribution in [3.8, 4) is 11.8 Å². The first kappa shape index (κ1) is 24.6. The number of nitrogens with two attached hydrogens (primary N) is 1. The number of hydrogen-bond donors (Lipinski definition) is 1. The van der Waals surface area contributed by atoms with E-state index < -0.39 is 5.92 Å². The quantitative estimate of drug-likeness (QED) is 0.614. The van der Waals surface area contributed by atoms with E-state index in [9.17, 15) is 10.1 Å². The molecule has 0 spiro atoms. The van der Waals surface area contributed by atoms with Gasteiger partial charge in [0.2, 0.25) is 0 Å². The van der Waals surface area contributed by atoms with Gasteiger partial charge in [-0.3, -0.25) is 4.79 Å². The maximum Gasteiger partial charge on any atom is 0.162 e. The Labute approximate surface area is 207 Å². The molecule has 0 aromatic heterocycles. The average molecular weight is 472 g/mol. The van der Waals surface area contributed by atoms with E-state index in [0.717, 1.165) is 22.6 Å². The second kappa shape index (κ2) is 9.97. The molecule has 182 valence electrons. The van der Waals surface area contributed by atoms with E-state index in [1.165, 1.54) is 5.56 Å². The molecule has 35 heavy (non-hydrogen) atoms. The van der Waals surface area contributed by atoms with E-state index in [1.54, 1.807) is 7.11 Å². The Morgan fingerprint density at radius 1 is 1.17 bits per heavy atom. The minimum atomic E-state index is -0.483. The summed E-state index contributed by atoms with van der Waals surface area (Å²) in [5.74, 6) is 0.721. The molecule has 2 aromatic rings. The van der Waals surface area contributed by atoms with Crippen molar-refractivity contribution in [2.75, 3.05) is 20.3 Å². The van der Waals surface area contributed by atoms with Gasteiger partial charge in [-0.05, 0) is 42.0 Å². The van der Waals surface area contributed by atoms with Crippen LogP contribution in [0.5, 0.6) is 5.75 Å². The van der Waals surface area contributed by atoms with Crippen LogP contribution in [0.1, 0.15) is 49.3 Å². The predicted octanol–water partition coefficient (Wildman–Crippen LogP) is 4.96. The van der Waals surface area contributed by atoms with Gasteiger partial charge in [-0.2, -0.15) is 5.26 Å². The molecule has 6 nitrogen and oxygen atoms in total. The van der Waals surface area contributed by atoms with Crippen LogP contribution in [-0.4, -0.2) is 30.9 Å². The lowest BCUT2D eigenvalue weighted by atomic mass is 9.68. The van der Waals surface area contributed by atoms with Crippen molar-refractivity contribution < 1.29 is 14.3 Å². The number of rotatable bonds is 7. The van der Waals surface area contributed by atoms with Crippen LogP contribution in [0.4, 0.5) is 0 Å². The number of Topliss-reactive ketones (excluding diaryl/α,β-unsaturated/α-hetero) is 1. The number of allylic oxidation sites excluding steroid dienone is 3. The van der Waals surface area contributed by atoms with E-state index in [4.69, 9.17) is 15.2 Å². The van der Waals surface area contributed by atoms with Crippen molar-refractivity contribution in [1.29, 1.82) is 5.26 Å². The van der Waals surface area contributed by atoms with Crippen LogP contribution in [0.3, 0.4) is 0 Å². The molecule has 1 aliphatic heterocycles. The zero-order valence-corrected chi connectivity index (χ0v) is 20.9. The van der Waals surface area contributed by atoms with Gasteiger partial charge in [-0.25, -0.2) is 0 Å². The summed E-state index contributed by atoms with van der Waals surface area (Å²) in [5, 5.41) is 10.1. The first-order valence-electron chi connectivity index (χ1n) is 11.9. The Morgan fingerprint density at radius 3 is 2.57 bits per heavy atom. The van der Waals surface area contributed by atoms with Gasteiger partial charge in [0.05, 0.1) is 24.2 Å². The molecule has 0 saturated heterocycles. The van der Waals surface area contributed by atoms with Crippen LogP contribution in [0.25, 0.3) is 0 Å². The number of hydrogen-bond acceptors (Lipinski definition) is 6. The second-order valence-electron chi connectivity index (χ2n) is 10.1. The summed E-state index contributed by atoms with van der Waals surface area (Å²) < 4.78 is 11.3. The highest BCUT2D eigenvalue weighted by Gasteiger charge is 2.44. The first-order valence-corrected chi connectivity index (χ1v) is 11.9. The third-order valence-corrected chi connectivity index (χ3v) is 6.71. The van der Waals surface area contributed by atoms with Crippen LogP contribution in [0.15, 0.2) is 71.2 Å². The highest BCUT2D eigenvalue weighted by Crippen LogP contribution is 2.49. The molecule has 1 heterocycles. The summed E-state index contributed by atoms with van der Waals surface area (Å²) in [6.07, 6.45) is 1.15. The van der Waals surface area contributed by atoms with Crippen LogP contribution in [0.2, 0.25) is 0 Å². The van der Waals surface area contributed by atoms with Crippen LogP contribution < -0.4 is 10.5 Å². The van der Waals surface area contributed by atoms with Gasteiger partial charge < -0.3 is 20.1 Å². The zero-order chi connectivity index (χ0) is 25.2. The maximum absolute atomic E-state index is 13.5. The number of nitrogens with zero attached hydrogens (tertiary/aromatic N) is 2. The van der Waals surface area contributed by atoms with Gasteiger partial charge in [-0.15, -0.1) is 0 Å². The molecule has 4 rings (SSSR count). The third kappa shape index (κ3) is 5.11. The second-order valence-corrected chi connectivity index (χ2v) is 10.1. The molecule has 0 radical (unpaired) electrons. The Kier molecular flexibility index (Phi) is 7.00. The smallest absolute Gasteiger partial charge is 0.162 e. The van der Waals surface area contributed by atoms with Gasteiger partial charge >= 0.3 is 0 Å². The van der Waals surface area contributed by atoms with E-state index in [-0.39, 0.29) is 11.2 Å². The fourth-order valence-electron chi connectivity index (χ4n) is 5.07. The fraction of sp³-hybridized carbons (Fsp3) is 0.379. The monoisotopic (exact) mass is 471 g/mol. The summed E-state index contributed by atoms with van der Waals surface area (Å²) in [6, 6.07) is 18.2. The molecule has 6 heteroatoms. The molecule has 0 bridgehead atoms. The normalized spacial score (nSPS) is 19.5. The van der Waals surface area contributed by atoms with E-state index in [1.807, 2.05) is 41.3 Å². The molecule has 0 amide bonds. The zero-order valence-electron chi connectivity index (χ0n) is 20.9. The minimum absolute atomic E-state index is 0.0729. The van der Waals surface area contributed by atoms with Crippen molar-refractivity contribution in [2.24, 2.45) is 11.1 Å². The third-order valence-electron chi connectivity index (χ3n) is 6.71. The maximum atomic E-state index is 13.5. The summed E-state index contributed by atoms with van der Waals surface area (Å²) in [4.78, 5) is 15.4. The van der Waals surface area contributed by atoms with E-state index >= 15 is 0 Å². The molecule has 2 aromatic carbocycles. The predicted molar refractivity (Wildman–Crippen MR) is 135 cm³/mol. The molecule has 2 N–H and O–H groups in total. The van der Waals surface area contributed by atoms with Crippen molar-refractivity contribution in [1.82, 2.24) is 4.90 Å².